The molecule has 0 radical (unpaired) electrons. The van der Waals surface area contributed by atoms with Crippen LogP contribution in [0.2, 0.25) is 0 Å². The average Bonchev–Trinajstić information content (AvgIpc) is 3.05. The summed E-state index contributed by atoms with van der Waals surface area (Å²) in [5, 5.41) is 4.17. The molecule has 2 aliphatic rings. The van der Waals surface area contributed by atoms with Crippen LogP contribution in [0.5, 0.6) is 0 Å². The number of aromatic nitrogens is 3. The van der Waals surface area contributed by atoms with Gasteiger partial charge < -0.3 is 4.74 Å². The highest BCUT2D eigenvalue weighted by molar-refractivity contribution is 5.74. The Morgan fingerprint density at radius 2 is 1.96 bits per heavy atom. The van der Waals surface area contributed by atoms with Crippen molar-refractivity contribution < 1.29 is 13.9 Å². The summed E-state index contributed by atoms with van der Waals surface area (Å²) in [6.07, 6.45) is 0.0936. The van der Waals surface area contributed by atoms with E-state index in [2.05, 4.69) is 22.0 Å². The van der Waals surface area contributed by atoms with E-state index in [4.69, 9.17) is 0 Å². The number of benzene rings is 1. The van der Waals surface area contributed by atoms with Gasteiger partial charge in [0.25, 0.3) is 0 Å². The van der Waals surface area contributed by atoms with Gasteiger partial charge in [0.2, 0.25) is 0 Å². The number of hydrogen-bond donors (Lipinski definition) is 0. The maximum absolute atomic E-state index is 14.1. The Kier molecular flexibility index (Phi) is 3.51. The molecule has 24 heavy (non-hydrogen) atoms. The second-order valence-electron chi connectivity index (χ2n) is 6.43. The molecule has 126 valence electrons. The lowest BCUT2D eigenvalue weighted by molar-refractivity contribution is -0.144. The molecule has 2 aromatic rings. The van der Waals surface area contributed by atoms with Crippen molar-refractivity contribution in [2.24, 2.45) is 0 Å². The summed E-state index contributed by atoms with van der Waals surface area (Å²) in [6.45, 7) is 0. The largest absolute Gasteiger partial charge is 0.467 e. The van der Waals surface area contributed by atoms with Gasteiger partial charge in [-0.05, 0) is 24.3 Å². The van der Waals surface area contributed by atoms with E-state index in [0.717, 1.165) is 17.4 Å². The molecule has 2 heterocycles. The molecule has 0 bridgehead atoms. The highest BCUT2D eigenvalue weighted by Crippen LogP contribution is 2.44. The number of fused-ring (bicyclic) bond motifs is 1. The third-order valence-corrected chi connectivity index (χ3v) is 5.08. The number of ether oxygens (including phenoxy) is 1. The molecule has 0 unspecified atom stereocenters. The molecule has 1 aromatic carbocycles. The first-order valence-corrected chi connectivity index (χ1v) is 8.08. The molecular formula is C17H18FN3O3. The van der Waals surface area contributed by atoms with Gasteiger partial charge in [-0.2, -0.15) is 5.10 Å². The van der Waals surface area contributed by atoms with Crippen LogP contribution in [0.1, 0.15) is 54.8 Å². The van der Waals surface area contributed by atoms with Crippen molar-refractivity contribution >= 4 is 5.97 Å². The second-order valence-corrected chi connectivity index (χ2v) is 6.43. The number of carbonyl (C=O) groups excluding carboxylic acids is 1. The van der Waals surface area contributed by atoms with Gasteiger partial charge in [0, 0.05) is 6.42 Å². The van der Waals surface area contributed by atoms with Crippen molar-refractivity contribution in [3.05, 3.63) is 52.2 Å². The van der Waals surface area contributed by atoms with Crippen LogP contribution in [-0.2, 0) is 9.53 Å². The summed E-state index contributed by atoms with van der Waals surface area (Å²) in [6, 6.07) is 9.14. The molecule has 7 heteroatoms. The fourth-order valence-electron chi connectivity index (χ4n) is 3.68. The second kappa shape index (κ2) is 5.58. The Labute approximate surface area is 137 Å². The molecule has 1 aliphatic heterocycles. The Balaban J connectivity index is 1.58. The first-order chi connectivity index (χ1) is 11.6. The third-order valence-electron chi connectivity index (χ3n) is 5.08. The van der Waals surface area contributed by atoms with Gasteiger partial charge >= 0.3 is 11.7 Å². The minimum absolute atomic E-state index is 0.0403. The van der Waals surface area contributed by atoms with Crippen LogP contribution in [0.3, 0.4) is 0 Å². The molecule has 0 amide bonds. The molecule has 0 spiro atoms. The van der Waals surface area contributed by atoms with Crippen LogP contribution in [0.15, 0.2) is 35.1 Å². The SMILES string of the molecule is COC(=O)[C@@H]1C[C@H](F)c2nn(C3CC(c4ccccc4)C3)c(=O)n21. The molecule has 0 saturated heterocycles. The first-order valence-electron chi connectivity index (χ1n) is 8.08. The summed E-state index contributed by atoms with van der Waals surface area (Å²) in [4.78, 5) is 24.4. The van der Waals surface area contributed by atoms with Crippen molar-refractivity contribution in [2.45, 2.75) is 43.4 Å². The lowest BCUT2D eigenvalue weighted by Gasteiger charge is -2.35. The fourth-order valence-corrected chi connectivity index (χ4v) is 3.68. The van der Waals surface area contributed by atoms with Gasteiger partial charge in [-0.25, -0.2) is 18.7 Å². The maximum atomic E-state index is 14.1. The van der Waals surface area contributed by atoms with Gasteiger partial charge in [0.1, 0.15) is 6.04 Å². The van der Waals surface area contributed by atoms with Crippen LogP contribution >= 0.6 is 0 Å². The average molecular weight is 331 g/mol. The monoisotopic (exact) mass is 331 g/mol. The highest BCUT2D eigenvalue weighted by atomic mass is 19.1. The van der Waals surface area contributed by atoms with E-state index in [1.165, 1.54) is 17.4 Å². The summed E-state index contributed by atoms with van der Waals surface area (Å²) in [5.74, 6) is -0.176. The lowest BCUT2D eigenvalue weighted by atomic mass is 9.76. The predicted octanol–water partition coefficient (Wildman–Crippen LogP) is 2.29. The van der Waals surface area contributed by atoms with E-state index in [0.29, 0.717) is 5.92 Å². The molecule has 1 aliphatic carbocycles. The number of rotatable bonds is 3. The predicted molar refractivity (Wildman–Crippen MR) is 83.5 cm³/mol. The van der Waals surface area contributed by atoms with E-state index >= 15 is 0 Å². The zero-order valence-corrected chi connectivity index (χ0v) is 13.3. The maximum Gasteiger partial charge on any atom is 0.347 e. The van der Waals surface area contributed by atoms with E-state index in [9.17, 15) is 14.0 Å². The number of methoxy groups -OCH3 is 1. The first kappa shape index (κ1) is 15.1. The number of hydrogen-bond acceptors (Lipinski definition) is 4. The number of alkyl halides is 1. The quantitative estimate of drug-likeness (QED) is 0.810. The van der Waals surface area contributed by atoms with Crippen molar-refractivity contribution in [2.75, 3.05) is 7.11 Å². The number of esters is 1. The summed E-state index contributed by atoms with van der Waals surface area (Å²) in [7, 11) is 1.24. The zero-order valence-electron chi connectivity index (χ0n) is 13.3. The molecule has 1 aromatic heterocycles. The Bertz CT molecular complexity index is 823. The number of carbonyl (C=O) groups is 1. The Morgan fingerprint density at radius 1 is 1.25 bits per heavy atom. The van der Waals surface area contributed by atoms with E-state index < -0.39 is 23.9 Å². The van der Waals surface area contributed by atoms with Gasteiger partial charge in [0.05, 0.1) is 13.2 Å². The Morgan fingerprint density at radius 3 is 2.62 bits per heavy atom. The standard InChI is InChI=1S/C17H18FN3O3/c1-24-16(22)14-9-13(18)15-19-21(17(23)20(14)15)12-7-11(8-12)10-5-3-2-4-6-10/h2-6,11-14H,7-9H2,1H3/t11?,12?,13-,14-/m0/s1. The van der Waals surface area contributed by atoms with Crippen molar-refractivity contribution in [1.29, 1.82) is 0 Å². The molecule has 1 saturated carbocycles. The topological polar surface area (TPSA) is 66.1 Å². The van der Waals surface area contributed by atoms with Crippen LogP contribution in [-0.4, -0.2) is 27.4 Å². The van der Waals surface area contributed by atoms with Gasteiger partial charge in [-0.3, -0.25) is 4.57 Å². The molecule has 6 nitrogen and oxygen atoms in total. The van der Waals surface area contributed by atoms with Gasteiger partial charge in [-0.15, -0.1) is 0 Å². The smallest absolute Gasteiger partial charge is 0.347 e. The summed E-state index contributed by atoms with van der Waals surface area (Å²) >= 11 is 0. The minimum Gasteiger partial charge on any atom is -0.467 e. The van der Waals surface area contributed by atoms with Gasteiger partial charge in [0.15, 0.2) is 12.0 Å². The number of nitrogens with zero attached hydrogens (tertiary/aromatic N) is 3. The zero-order chi connectivity index (χ0) is 16.8. The lowest BCUT2D eigenvalue weighted by Crippen LogP contribution is -2.36. The minimum atomic E-state index is -1.41. The fraction of sp³-hybridized carbons (Fsp3) is 0.471. The van der Waals surface area contributed by atoms with Crippen LogP contribution < -0.4 is 5.69 Å². The van der Waals surface area contributed by atoms with E-state index in [-0.39, 0.29) is 18.3 Å². The van der Waals surface area contributed by atoms with Crippen molar-refractivity contribution in [3.63, 3.8) is 0 Å². The molecule has 4 rings (SSSR count). The van der Waals surface area contributed by atoms with Gasteiger partial charge in [-0.1, -0.05) is 30.3 Å². The molecular weight excluding hydrogens is 313 g/mol. The van der Waals surface area contributed by atoms with E-state index in [1.54, 1.807) is 0 Å². The summed E-state index contributed by atoms with van der Waals surface area (Å²) < 4.78 is 21.3. The number of halogens is 1. The summed E-state index contributed by atoms with van der Waals surface area (Å²) in [5.41, 5.74) is 0.821. The highest BCUT2D eigenvalue weighted by Gasteiger charge is 2.43. The molecule has 1 fully saturated rings. The van der Waals surface area contributed by atoms with Crippen molar-refractivity contribution in [1.82, 2.24) is 14.3 Å². The Hall–Kier alpha value is -2.44. The van der Waals surface area contributed by atoms with Crippen molar-refractivity contribution in [3.8, 4) is 0 Å². The normalized spacial score (nSPS) is 28.2. The molecule has 2 atom stereocenters. The van der Waals surface area contributed by atoms with Crippen LogP contribution in [0, 0.1) is 0 Å². The third kappa shape index (κ3) is 2.18. The molecule has 0 N–H and O–H groups in total. The van der Waals surface area contributed by atoms with Crippen LogP contribution in [0.25, 0.3) is 0 Å². The van der Waals surface area contributed by atoms with Crippen LogP contribution in [0.4, 0.5) is 4.39 Å². The van der Waals surface area contributed by atoms with E-state index in [1.807, 2.05) is 18.2 Å².